The third-order valence-electron chi connectivity index (χ3n) is 6.92. The third kappa shape index (κ3) is 3.52. The van der Waals surface area contributed by atoms with Crippen molar-refractivity contribution in [3.8, 4) is 0 Å². The van der Waals surface area contributed by atoms with E-state index >= 15 is 0 Å². The lowest BCUT2D eigenvalue weighted by atomic mass is 10.1. The van der Waals surface area contributed by atoms with E-state index < -0.39 is 0 Å². The van der Waals surface area contributed by atoms with Crippen LogP contribution in [0.15, 0.2) is 32.5 Å². The van der Waals surface area contributed by atoms with Gasteiger partial charge >= 0.3 is 0 Å². The molecule has 2 heterocycles. The van der Waals surface area contributed by atoms with Crippen LogP contribution in [0.4, 0.5) is 0 Å². The van der Waals surface area contributed by atoms with Gasteiger partial charge in [0, 0.05) is 41.7 Å². The Hall–Kier alpha value is -2.04. The zero-order chi connectivity index (χ0) is 22.2. The van der Waals surface area contributed by atoms with Gasteiger partial charge in [0.15, 0.2) is 10.9 Å². The summed E-state index contributed by atoms with van der Waals surface area (Å²) < 4.78 is 2.14. The number of benzene rings is 1. The maximum Gasteiger partial charge on any atom is 0.195 e. The molecule has 166 valence electrons. The van der Waals surface area contributed by atoms with Crippen molar-refractivity contribution in [2.45, 2.75) is 78.1 Å². The molecule has 5 rings (SSSR count). The van der Waals surface area contributed by atoms with Crippen LogP contribution in [0.25, 0.3) is 41.7 Å². The van der Waals surface area contributed by atoms with E-state index in [1.54, 1.807) is 22.7 Å². The summed E-state index contributed by atoms with van der Waals surface area (Å²) in [6.45, 7) is 4.44. The zero-order valence-corrected chi connectivity index (χ0v) is 20.6. The number of thiophene rings is 2. The Labute approximate surface area is 196 Å². The predicted octanol–water partition coefficient (Wildman–Crippen LogP) is 8.26. The molecule has 0 fully saturated rings. The average Bonchev–Trinajstić information content (AvgIpc) is 3.53. The second-order valence-electron chi connectivity index (χ2n) is 9.15. The molecule has 5 aromatic rings. The SMILES string of the molecule is CCCCCCc1csc2c1c(=O)c1cc3c(cc12)c(=O)c1c(CCCCCC)csc13. The summed E-state index contributed by atoms with van der Waals surface area (Å²) in [7, 11) is 0. The van der Waals surface area contributed by atoms with Crippen LogP contribution in [0.5, 0.6) is 0 Å². The molecule has 0 spiro atoms. The van der Waals surface area contributed by atoms with Crippen LogP contribution in [-0.2, 0) is 12.8 Å². The Morgan fingerprint density at radius 1 is 0.594 bits per heavy atom. The standard InChI is InChI=1S/C28H30O2S2/c1-3-5-7-9-11-17-15-31-27-21-14-20-22(13-19(21)25(29)23(17)27)28-24(26(20)30)18(16-32-28)12-10-8-6-4-2/h13-16H,3-12H2,1-2H3. The maximum absolute atomic E-state index is 13.4. The molecule has 0 saturated heterocycles. The van der Waals surface area contributed by atoms with Crippen LogP contribution < -0.4 is 10.9 Å². The molecule has 0 aliphatic carbocycles. The molecule has 0 atom stereocenters. The summed E-state index contributed by atoms with van der Waals surface area (Å²) in [5, 5.41) is 9.66. The lowest BCUT2D eigenvalue weighted by molar-refractivity contribution is 0.669. The first kappa shape index (κ1) is 21.8. The van der Waals surface area contributed by atoms with Crippen molar-refractivity contribution in [1.82, 2.24) is 0 Å². The van der Waals surface area contributed by atoms with Crippen molar-refractivity contribution in [1.29, 1.82) is 0 Å². The Bertz CT molecular complexity index is 1380. The van der Waals surface area contributed by atoms with Crippen LogP contribution in [-0.4, -0.2) is 0 Å². The van der Waals surface area contributed by atoms with Gasteiger partial charge in [0.25, 0.3) is 0 Å². The van der Waals surface area contributed by atoms with Crippen LogP contribution in [0.1, 0.15) is 76.3 Å². The molecule has 2 aromatic heterocycles. The molecular weight excluding hydrogens is 432 g/mol. The van der Waals surface area contributed by atoms with Gasteiger partial charge in [0.05, 0.1) is 0 Å². The number of unbranched alkanes of at least 4 members (excludes halogenated alkanes) is 6. The summed E-state index contributed by atoms with van der Waals surface area (Å²) in [5.41, 5.74) is 2.70. The molecule has 4 heteroatoms. The Morgan fingerprint density at radius 3 is 1.44 bits per heavy atom. The average molecular weight is 463 g/mol. The summed E-state index contributed by atoms with van der Waals surface area (Å²) in [6.07, 6.45) is 11.6. The van der Waals surface area contributed by atoms with E-state index in [1.165, 1.54) is 49.7 Å². The monoisotopic (exact) mass is 462 g/mol. The number of rotatable bonds is 10. The first-order chi connectivity index (χ1) is 15.7. The van der Waals surface area contributed by atoms with Gasteiger partial charge in [-0.05, 0) is 59.7 Å². The number of aryl methyl sites for hydroxylation is 2. The second-order valence-corrected chi connectivity index (χ2v) is 10.9. The van der Waals surface area contributed by atoms with E-state index in [-0.39, 0.29) is 10.9 Å². The third-order valence-corrected chi connectivity index (χ3v) is 9.05. The van der Waals surface area contributed by atoms with Gasteiger partial charge < -0.3 is 0 Å². The maximum atomic E-state index is 13.4. The van der Waals surface area contributed by atoms with Crippen LogP contribution >= 0.6 is 22.7 Å². The Balaban J connectivity index is 1.59. The molecule has 32 heavy (non-hydrogen) atoms. The van der Waals surface area contributed by atoms with Gasteiger partial charge in [-0.1, -0.05) is 52.4 Å². The molecule has 3 aromatic carbocycles. The molecule has 0 bridgehead atoms. The van der Waals surface area contributed by atoms with E-state index in [1.807, 2.05) is 12.1 Å². The molecule has 0 saturated carbocycles. The molecule has 0 amide bonds. The van der Waals surface area contributed by atoms with Crippen molar-refractivity contribution in [2.75, 3.05) is 0 Å². The van der Waals surface area contributed by atoms with Crippen molar-refractivity contribution >= 4 is 64.4 Å². The number of hydrogen-bond acceptors (Lipinski definition) is 4. The molecule has 0 radical (unpaired) electrons. The highest BCUT2D eigenvalue weighted by Gasteiger charge is 2.21. The molecule has 2 nitrogen and oxygen atoms in total. The van der Waals surface area contributed by atoms with Crippen molar-refractivity contribution < 1.29 is 0 Å². The van der Waals surface area contributed by atoms with Crippen LogP contribution in [0, 0.1) is 0 Å². The summed E-state index contributed by atoms with van der Waals surface area (Å²) in [4.78, 5) is 26.8. The van der Waals surface area contributed by atoms with Crippen molar-refractivity contribution in [3.05, 3.63) is 54.5 Å². The lowest BCUT2D eigenvalue weighted by Crippen LogP contribution is -1.98. The van der Waals surface area contributed by atoms with E-state index in [0.717, 1.165) is 67.4 Å². The Morgan fingerprint density at radius 2 is 1.03 bits per heavy atom. The zero-order valence-electron chi connectivity index (χ0n) is 19.0. The smallest absolute Gasteiger partial charge is 0.195 e. The van der Waals surface area contributed by atoms with E-state index in [4.69, 9.17) is 0 Å². The topological polar surface area (TPSA) is 34.1 Å². The highest BCUT2D eigenvalue weighted by molar-refractivity contribution is 7.19. The van der Waals surface area contributed by atoms with Crippen LogP contribution in [0.2, 0.25) is 0 Å². The minimum Gasteiger partial charge on any atom is -0.289 e. The van der Waals surface area contributed by atoms with E-state index in [9.17, 15) is 9.59 Å². The van der Waals surface area contributed by atoms with Gasteiger partial charge in [0.2, 0.25) is 0 Å². The first-order valence-electron chi connectivity index (χ1n) is 12.1. The quantitative estimate of drug-likeness (QED) is 0.196. The van der Waals surface area contributed by atoms with Gasteiger partial charge in [0.1, 0.15) is 0 Å². The highest BCUT2D eigenvalue weighted by Crippen LogP contribution is 2.38. The molecule has 0 unspecified atom stereocenters. The first-order valence-corrected chi connectivity index (χ1v) is 13.9. The summed E-state index contributed by atoms with van der Waals surface area (Å²) >= 11 is 3.34. The molecule has 0 N–H and O–H groups in total. The summed E-state index contributed by atoms with van der Waals surface area (Å²) in [5.74, 6) is 0. The number of fused-ring (bicyclic) bond motifs is 6. The molecule has 0 aliphatic heterocycles. The fourth-order valence-electron chi connectivity index (χ4n) is 5.15. The summed E-state index contributed by atoms with van der Waals surface area (Å²) in [6, 6.07) is 4.03. The normalized spacial score (nSPS) is 12.3. The minimum absolute atomic E-state index is 0.154. The number of hydrogen-bond donors (Lipinski definition) is 0. The minimum atomic E-state index is 0.154. The molecule has 0 aliphatic rings. The van der Waals surface area contributed by atoms with Crippen molar-refractivity contribution in [2.24, 2.45) is 0 Å². The van der Waals surface area contributed by atoms with E-state index in [0.29, 0.717) is 0 Å². The van der Waals surface area contributed by atoms with Crippen LogP contribution in [0.3, 0.4) is 0 Å². The Kier molecular flexibility index (Phi) is 6.18. The fraction of sp³-hybridized carbons (Fsp3) is 0.429. The predicted molar refractivity (Wildman–Crippen MR) is 143 cm³/mol. The fourth-order valence-corrected chi connectivity index (χ4v) is 7.42. The lowest BCUT2D eigenvalue weighted by Gasteiger charge is -1.97. The van der Waals surface area contributed by atoms with E-state index in [2.05, 4.69) is 24.6 Å². The van der Waals surface area contributed by atoms with Gasteiger partial charge in [-0.3, -0.25) is 9.59 Å². The van der Waals surface area contributed by atoms with Crippen molar-refractivity contribution in [3.63, 3.8) is 0 Å². The van der Waals surface area contributed by atoms with Gasteiger partial charge in [-0.25, -0.2) is 0 Å². The van der Waals surface area contributed by atoms with Gasteiger partial charge in [-0.2, -0.15) is 0 Å². The largest absolute Gasteiger partial charge is 0.289 e. The second kappa shape index (κ2) is 9.07. The van der Waals surface area contributed by atoms with Gasteiger partial charge in [-0.15, -0.1) is 22.7 Å². The molecular formula is C28H30O2S2. The highest BCUT2D eigenvalue weighted by atomic mass is 32.1.